The molecule has 3 aromatic rings. The highest BCUT2D eigenvalue weighted by atomic mass is 19.1. The van der Waals surface area contributed by atoms with Gasteiger partial charge in [-0.25, -0.2) is 4.39 Å². The molecule has 0 bridgehead atoms. The standard InChI is InChI=1S/C28H28FNO4/c1-3-12-30-15-22(16-30)33-25-11-6-19(13-24(25)29)28-27(18-4-7-20(31)8-5-18)17(2)23-10-9-21(32)14-26(23)34-28/h4-11,13-14,22,28,31-32H,3,12,15-16H2,1-2H3. The van der Waals surface area contributed by atoms with Crippen LogP contribution in [0.25, 0.3) is 11.1 Å². The molecule has 2 aliphatic heterocycles. The summed E-state index contributed by atoms with van der Waals surface area (Å²) in [6.07, 6.45) is 0.502. The van der Waals surface area contributed by atoms with E-state index in [9.17, 15) is 10.2 Å². The lowest BCUT2D eigenvalue weighted by Crippen LogP contribution is -2.53. The molecule has 1 unspecified atom stereocenters. The zero-order valence-electron chi connectivity index (χ0n) is 19.3. The van der Waals surface area contributed by atoms with Crippen molar-refractivity contribution in [1.82, 2.24) is 4.90 Å². The summed E-state index contributed by atoms with van der Waals surface area (Å²) in [5.74, 6) is 0.619. The Bertz CT molecular complexity index is 1230. The van der Waals surface area contributed by atoms with E-state index in [0.717, 1.165) is 48.3 Å². The normalized spacial score (nSPS) is 18.3. The summed E-state index contributed by atoms with van der Waals surface area (Å²) >= 11 is 0. The average molecular weight is 462 g/mol. The highest BCUT2D eigenvalue weighted by Gasteiger charge is 2.31. The minimum atomic E-state index is -0.592. The van der Waals surface area contributed by atoms with Gasteiger partial charge in [-0.1, -0.05) is 25.1 Å². The summed E-state index contributed by atoms with van der Waals surface area (Å²) in [6.45, 7) is 6.79. The predicted molar refractivity (Wildman–Crippen MR) is 130 cm³/mol. The fourth-order valence-electron chi connectivity index (χ4n) is 4.74. The molecule has 1 fully saturated rings. The Kier molecular flexibility index (Phi) is 5.92. The summed E-state index contributed by atoms with van der Waals surface area (Å²) in [4.78, 5) is 2.29. The quantitative estimate of drug-likeness (QED) is 0.488. The van der Waals surface area contributed by atoms with Crippen LogP contribution in [0.2, 0.25) is 0 Å². The fraction of sp³-hybridized carbons (Fsp3) is 0.286. The molecule has 0 radical (unpaired) electrons. The van der Waals surface area contributed by atoms with Crippen molar-refractivity contribution in [3.8, 4) is 23.0 Å². The van der Waals surface area contributed by atoms with E-state index in [0.29, 0.717) is 11.3 Å². The number of hydrogen-bond acceptors (Lipinski definition) is 5. The number of nitrogens with zero attached hydrogens (tertiary/aromatic N) is 1. The maximum atomic E-state index is 15.1. The fourth-order valence-corrected chi connectivity index (χ4v) is 4.74. The minimum Gasteiger partial charge on any atom is -0.508 e. The van der Waals surface area contributed by atoms with Gasteiger partial charge in [-0.05, 0) is 67.4 Å². The van der Waals surface area contributed by atoms with Gasteiger partial charge in [0.1, 0.15) is 29.5 Å². The van der Waals surface area contributed by atoms with Gasteiger partial charge in [-0.3, -0.25) is 4.90 Å². The molecule has 176 valence electrons. The van der Waals surface area contributed by atoms with Gasteiger partial charge in [0.25, 0.3) is 0 Å². The van der Waals surface area contributed by atoms with Gasteiger partial charge in [0.2, 0.25) is 0 Å². The van der Waals surface area contributed by atoms with Gasteiger partial charge in [0.15, 0.2) is 11.6 Å². The van der Waals surface area contributed by atoms with E-state index in [2.05, 4.69) is 11.8 Å². The number of phenolic OH excluding ortho intramolecular Hbond substituents is 2. The van der Waals surface area contributed by atoms with Crippen molar-refractivity contribution >= 4 is 11.1 Å². The van der Waals surface area contributed by atoms with Crippen molar-refractivity contribution in [2.24, 2.45) is 0 Å². The molecule has 2 heterocycles. The number of allylic oxidation sites excluding steroid dienone is 1. The summed E-state index contributed by atoms with van der Waals surface area (Å²) < 4.78 is 27.3. The number of fused-ring (bicyclic) bond motifs is 1. The van der Waals surface area contributed by atoms with Gasteiger partial charge in [-0.15, -0.1) is 0 Å². The van der Waals surface area contributed by atoms with Crippen LogP contribution in [0.4, 0.5) is 4.39 Å². The number of aromatic hydroxyl groups is 2. The Labute approximate surface area is 198 Å². The summed E-state index contributed by atoms with van der Waals surface area (Å²) in [5.41, 5.74) is 4.20. The van der Waals surface area contributed by atoms with Crippen molar-refractivity contribution < 1.29 is 24.1 Å². The molecule has 1 atom stereocenters. The zero-order chi connectivity index (χ0) is 23.8. The Morgan fingerprint density at radius 3 is 2.44 bits per heavy atom. The van der Waals surface area contributed by atoms with Crippen LogP contribution >= 0.6 is 0 Å². The van der Waals surface area contributed by atoms with Gasteiger partial charge in [-0.2, -0.15) is 0 Å². The van der Waals surface area contributed by atoms with E-state index in [1.165, 1.54) is 6.07 Å². The van der Waals surface area contributed by atoms with Crippen LogP contribution in [-0.2, 0) is 0 Å². The molecule has 0 aromatic heterocycles. The lowest BCUT2D eigenvalue weighted by atomic mass is 9.86. The summed E-state index contributed by atoms with van der Waals surface area (Å²) in [5, 5.41) is 19.7. The molecular formula is C28H28FNO4. The van der Waals surface area contributed by atoms with Gasteiger partial charge in [0, 0.05) is 35.9 Å². The van der Waals surface area contributed by atoms with Crippen LogP contribution < -0.4 is 9.47 Å². The molecule has 34 heavy (non-hydrogen) atoms. The molecule has 0 amide bonds. The number of ether oxygens (including phenoxy) is 2. The second kappa shape index (κ2) is 9.03. The number of likely N-dealkylation sites (tertiary alicyclic amines) is 1. The largest absolute Gasteiger partial charge is 0.508 e. The molecule has 0 spiro atoms. The van der Waals surface area contributed by atoms with Crippen LogP contribution in [0.15, 0.2) is 60.7 Å². The van der Waals surface area contributed by atoms with Crippen molar-refractivity contribution in [3.05, 3.63) is 83.2 Å². The first kappa shape index (κ1) is 22.3. The van der Waals surface area contributed by atoms with Gasteiger partial charge < -0.3 is 19.7 Å². The smallest absolute Gasteiger partial charge is 0.165 e. The number of benzene rings is 3. The second-order valence-electron chi connectivity index (χ2n) is 8.95. The first-order valence-electron chi connectivity index (χ1n) is 11.6. The summed E-state index contributed by atoms with van der Waals surface area (Å²) in [7, 11) is 0. The van der Waals surface area contributed by atoms with Gasteiger partial charge in [0.05, 0.1) is 0 Å². The zero-order valence-corrected chi connectivity index (χ0v) is 19.3. The lowest BCUT2D eigenvalue weighted by molar-refractivity contribution is 0.0179. The van der Waals surface area contributed by atoms with Crippen LogP contribution in [-0.4, -0.2) is 40.9 Å². The highest BCUT2D eigenvalue weighted by molar-refractivity contribution is 5.95. The first-order chi connectivity index (χ1) is 16.4. The third-order valence-electron chi connectivity index (χ3n) is 6.47. The summed E-state index contributed by atoms with van der Waals surface area (Å²) in [6, 6.07) is 16.9. The third kappa shape index (κ3) is 4.21. The Morgan fingerprint density at radius 1 is 1.00 bits per heavy atom. The topological polar surface area (TPSA) is 62.2 Å². The van der Waals surface area contributed by atoms with E-state index in [-0.39, 0.29) is 23.4 Å². The number of rotatable bonds is 6. The Balaban J connectivity index is 1.48. The molecule has 0 saturated carbocycles. The first-order valence-corrected chi connectivity index (χ1v) is 11.6. The van der Waals surface area contributed by atoms with Crippen molar-refractivity contribution in [2.75, 3.05) is 19.6 Å². The van der Waals surface area contributed by atoms with Crippen molar-refractivity contribution in [3.63, 3.8) is 0 Å². The van der Waals surface area contributed by atoms with Gasteiger partial charge >= 0.3 is 0 Å². The molecule has 5 nitrogen and oxygen atoms in total. The molecule has 5 rings (SSSR count). The highest BCUT2D eigenvalue weighted by Crippen LogP contribution is 2.47. The molecule has 3 aromatic carbocycles. The number of halogens is 1. The van der Waals surface area contributed by atoms with Crippen molar-refractivity contribution in [1.29, 1.82) is 0 Å². The van der Waals surface area contributed by atoms with Crippen LogP contribution in [0.5, 0.6) is 23.0 Å². The molecular weight excluding hydrogens is 433 g/mol. The molecule has 2 N–H and O–H groups in total. The molecule has 2 aliphatic rings. The van der Waals surface area contributed by atoms with E-state index in [4.69, 9.17) is 9.47 Å². The van der Waals surface area contributed by atoms with Crippen LogP contribution in [0.3, 0.4) is 0 Å². The van der Waals surface area contributed by atoms with E-state index in [1.54, 1.807) is 30.3 Å². The maximum Gasteiger partial charge on any atom is 0.165 e. The number of hydrogen-bond donors (Lipinski definition) is 2. The van der Waals surface area contributed by atoms with E-state index in [1.807, 2.05) is 31.2 Å². The van der Waals surface area contributed by atoms with Crippen LogP contribution in [0, 0.1) is 5.82 Å². The Hall–Kier alpha value is -3.51. The van der Waals surface area contributed by atoms with Crippen molar-refractivity contribution in [2.45, 2.75) is 32.5 Å². The monoisotopic (exact) mass is 461 g/mol. The minimum absolute atomic E-state index is 0.00220. The predicted octanol–water partition coefficient (Wildman–Crippen LogP) is 5.77. The second-order valence-corrected chi connectivity index (χ2v) is 8.95. The van der Waals surface area contributed by atoms with E-state index >= 15 is 4.39 Å². The van der Waals surface area contributed by atoms with Crippen LogP contribution in [0.1, 0.15) is 43.1 Å². The third-order valence-corrected chi connectivity index (χ3v) is 6.47. The molecule has 1 saturated heterocycles. The number of phenols is 2. The Morgan fingerprint density at radius 2 is 1.74 bits per heavy atom. The lowest BCUT2D eigenvalue weighted by Gasteiger charge is -2.38. The molecule has 0 aliphatic carbocycles. The average Bonchev–Trinajstić information content (AvgIpc) is 2.79. The molecule has 6 heteroatoms. The SMILES string of the molecule is CCCN1CC(Oc2ccc(C3Oc4cc(O)ccc4C(C)=C3c3ccc(O)cc3)cc2F)C1. The van der Waals surface area contributed by atoms with E-state index < -0.39 is 11.9 Å². The maximum absolute atomic E-state index is 15.1.